The summed E-state index contributed by atoms with van der Waals surface area (Å²) < 4.78 is 5.42. The number of aryl methyl sites for hydroxylation is 2. The molecule has 3 atom stereocenters. The Labute approximate surface area is 233 Å². The van der Waals surface area contributed by atoms with Gasteiger partial charge >= 0.3 is 11.9 Å². The van der Waals surface area contributed by atoms with E-state index in [1.807, 2.05) is 44.2 Å². The molecule has 0 aromatic heterocycles. The van der Waals surface area contributed by atoms with Crippen LogP contribution in [0.4, 0.5) is 0 Å². The molecule has 1 fully saturated rings. The summed E-state index contributed by atoms with van der Waals surface area (Å²) in [5, 5.41) is 11.2. The molecule has 1 heterocycles. The zero-order valence-electron chi connectivity index (χ0n) is 21.9. The van der Waals surface area contributed by atoms with Crippen molar-refractivity contribution in [2.75, 3.05) is 0 Å². The highest BCUT2D eigenvalue weighted by Crippen LogP contribution is 2.46. The van der Waals surface area contributed by atoms with Gasteiger partial charge in [-0.1, -0.05) is 55.3 Å². The summed E-state index contributed by atoms with van der Waals surface area (Å²) in [6.45, 7) is 7.95. The van der Waals surface area contributed by atoms with Gasteiger partial charge in [0.15, 0.2) is 0 Å². The van der Waals surface area contributed by atoms with Crippen LogP contribution >= 0.6 is 23.2 Å². The highest BCUT2D eigenvalue weighted by Gasteiger charge is 2.37. The van der Waals surface area contributed by atoms with E-state index < -0.39 is 24.1 Å². The topological polar surface area (TPSA) is 82.1 Å². The monoisotopic (exact) mass is 558 g/mol. The summed E-state index contributed by atoms with van der Waals surface area (Å²) in [5.74, 6) is -0.992. The van der Waals surface area contributed by atoms with E-state index in [2.05, 4.69) is 13.8 Å². The molecule has 4 rings (SSSR count). The number of benzene rings is 2. The molecular formula is C30H32Cl2O6. The lowest BCUT2D eigenvalue weighted by Crippen LogP contribution is -2.32. The lowest BCUT2D eigenvalue weighted by Gasteiger charge is -2.38. The van der Waals surface area contributed by atoms with Crippen LogP contribution in [-0.2, 0) is 19.3 Å². The van der Waals surface area contributed by atoms with Crippen molar-refractivity contribution in [1.82, 2.24) is 0 Å². The van der Waals surface area contributed by atoms with Crippen LogP contribution < -0.4 is 0 Å². The number of rotatable bonds is 6. The molecule has 1 unspecified atom stereocenters. The second kappa shape index (κ2) is 11.6. The largest absolute Gasteiger partial charge is 0.458 e. The maximum Gasteiger partial charge on any atom is 0.373 e. The maximum absolute atomic E-state index is 12.7. The normalized spacial score (nSPS) is 23.4. The first kappa shape index (κ1) is 28.4. The van der Waals surface area contributed by atoms with Crippen LogP contribution in [0.2, 0.25) is 10.0 Å². The Balaban J connectivity index is 1.61. The molecule has 2 aromatic carbocycles. The van der Waals surface area contributed by atoms with Gasteiger partial charge in [-0.15, -0.1) is 0 Å². The summed E-state index contributed by atoms with van der Waals surface area (Å²) in [4.78, 5) is 35.5. The molecule has 1 saturated heterocycles. The van der Waals surface area contributed by atoms with Gasteiger partial charge in [0, 0.05) is 22.9 Å². The number of allylic oxidation sites excluding steroid dienone is 2. The zero-order valence-corrected chi connectivity index (χ0v) is 23.4. The number of hydrogen-bond acceptors (Lipinski definition) is 6. The first-order valence-electron chi connectivity index (χ1n) is 12.6. The summed E-state index contributed by atoms with van der Waals surface area (Å²) in [6, 6.07) is 10.8. The minimum Gasteiger partial charge on any atom is -0.458 e. The summed E-state index contributed by atoms with van der Waals surface area (Å²) in [7, 11) is 0. The van der Waals surface area contributed by atoms with E-state index in [1.54, 1.807) is 18.2 Å². The number of carbonyl (C=O) groups excluding carboxylic acids is 2. The van der Waals surface area contributed by atoms with Crippen molar-refractivity contribution in [3.8, 4) is 0 Å². The smallest absolute Gasteiger partial charge is 0.373 e. The molecule has 38 heavy (non-hydrogen) atoms. The molecule has 0 spiro atoms. The molecule has 0 radical (unpaired) electrons. The predicted molar refractivity (Wildman–Crippen MR) is 147 cm³/mol. The van der Waals surface area contributed by atoms with Crippen molar-refractivity contribution in [3.05, 3.63) is 86.4 Å². The minimum atomic E-state index is -0.713. The van der Waals surface area contributed by atoms with Crippen molar-refractivity contribution < 1.29 is 29.2 Å². The van der Waals surface area contributed by atoms with Crippen molar-refractivity contribution in [3.63, 3.8) is 0 Å². The third-order valence-electron chi connectivity index (χ3n) is 7.05. The Morgan fingerprint density at radius 2 is 1.76 bits per heavy atom. The van der Waals surface area contributed by atoms with Crippen molar-refractivity contribution in [2.45, 2.75) is 71.7 Å². The lowest BCUT2D eigenvalue weighted by atomic mass is 9.69. The van der Waals surface area contributed by atoms with Crippen molar-refractivity contribution in [1.29, 1.82) is 0 Å². The van der Waals surface area contributed by atoms with Crippen LogP contribution in [0.25, 0.3) is 5.57 Å². The zero-order chi connectivity index (χ0) is 27.6. The van der Waals surface area contributed by atoms with Crippen LogP contribution in [0.1, 0.15) is 66.6 Å². The average Bonchev–Trinajstić information content (AvgIpc) is 2.84. The molecule has 8 heteroatoms. The Morgan fingerprint density at radius 3 is 2.42 bits per heavy atom. The van der Waals surface area contributed by atoms with Gasteiger partial charge in [-0.3, -0.25) is 9.68 Å². The Bertz CT molecular complexity index is 1300. The third-order valence-corrected chi connectivity index (χ3v) is 7.90. The van der Waals surface area contributed by atoms with Crippen molar-refractivity contribution in [2.24, 2.45) is 5.41 Å². The number of hydrogen-bond donors (Lipinski definition) is 1. The van der Waals surface area contributed by atoms with E-state index in [0.717, 1.165) is 27.8 Å². The molecule has 0 amide bonds. The third kappa shape index (κ3) is 6.67. The van der Waals surface area contributed by atoms with E-state index in [-0.39, 0.29) is 17.9 Å². The van der Waals surface area contributed by atoms with Gasteiger partial charge in [-0.2, -0.15) is 4.89 Å². The van der Waals surface area contributed by atoms with Crippen LogP contribution in [0.3, 0.4) is 0 Å². The number of cyclic esters (lactones) is 1. The van der Waals surface area contributed by atoms with E-state index in [1.165, 1.54) is 0 Å². The summed E-state index contributed by atoms with van der Waals surface area (Å²) in [6.07, 6.45) is 3.67. The molecule has 6 nitrogen and oxygen atoms in total. The second-order valence-corrected chi connectivity index (χ2v) is 11.5. The molecule has 0 saturated carbocycles. The van der Waals surface area contributed by atoms with Crippen LogP contribution in [0.15, 0.2) is 54.1 Å². The number of aliphatic hydroxyl groups is 1. The first-order chi connectivity index (χ1) is 17.9. The Hall–Kier alpha value is -2.64. The SMILES string of the molecule is Cc1cc(C(=O)OOC2CC(c3ccc(Cl)c(C)c3)=C(/C=C/[C@@H]3C[C@@H](O)CC(=O)O3)C(C)(C)C2)ccc1Cl. The lowest BCUT2D eigenvalue weighted by molar-refractivity contribution is -0.278. The number of esters is 1. The fraction of sp³-hybridized carbons (Fsp3) is 0.400. The van der Waals surface area contributed by atoms with Crippen LogP contribution in [0, 0.1) is 19.3 Å². The molecule has 2 aromatic rings. The van der Waals surface area contributed by atoms with Crippen LogP contribution in [0.5, 0.6) is 0 Å². The molecular weight excluding hydrogens is 527 g/mol. The molecule has 1 N–H and O–H groups in total. The Kier molecular flexibility index (Phi) is 8.68. The van der Waals surface area contributed by atoms with Crippen molar-refractivity contribution >= 4 is 40.7 Å². The molecule has 0 bridgehead atoms. The number of ether oxygens (including phenoxy) is 1. The number of halogens is 2. The Morgan fingerprint density at radius 1 is 1.08 bits per heavy atom. The van der Waals surface area contributed by atoms with E-state index >= 15 is 0 Å². The fourth-order valence-corrected chi connectivity index (χ4v) is 5.29. The molecule has 1 aliphatic carbocycles. The highest BCUT2D eigenvalue weighted by molar-refractivity contribution is 6.31. The fourth-order valence-electron chi connectivity index (χ4n) is 5.06. The average molecular weight is 559 g/mol. The number of carbonyl (C=O) groups is 2. The first-order valence-corrected chi connectivity index (χ1v) is 13.4. The van der Waals surface area contributed by atoms with E-state index in [9.17, 15) is 14.7 Å². The van der Waals surface area contributed by atoms with Gasteiger partial charge in [0.25, 0.3) is 0 Å². The van der Waals surface area contributed by atoms with Gasteiger partial charge < -0.3 is 9.84 Å². The number of aliphatic hydroxyl groups excluding tert-OH is 1. The predicted octanol–water partition coefficient (Wildman–Crippen LogP) is 6.96. The van der Waals surface area contributed by atoms with Gasteiger partial charge in [0.05, 0.1) is 18.1 Å². The second-order valence-electron chi connectivity index (χ2n) is 10.7. The van der Waals surface area contributed by atoms with Gasteiger partial charge in [-0.05, 0) is 83.9 Å². The van der Waals surface area contributed by atoms with Gasteiger partial charge in [0.2, 0.25) is 0 Å². The quantitative estimate of drug-likeness (QED) is 0.234. The standard InChI is InChI=1S/C30H32Cl2O6/c1-17-11-19(5-9-26(17)31)24-15-23(37-38-29(35)20-6-10-27(32)18(2)12-20)16-30(3,4)25(24)8-7-22-13-21(33)14-28(34)36-22/h5-12,21-23,33H,13-16H2,1-4H3/b8-7+/t21-,22-,23?/m1/s1. The molecule has 202 valence electrons. The minimum absolute atomic E-state index is 0.0150. The summed E-state index contributed by atoms with van der Waals surface area (Å²) >= 11 is 12.4. The highest BCUT2D eigenvalue weighted by atomic mass is 35.5. The summed E-state index contributed by atoms with van der Waals surface area (Å²) in [5.41, 5.74) is 4.75. The molecule has 2 aliphatic rings. The van der Waals surface area contributed by atoms with Crippen LogP contribution in [-0.4, -0.2) is 35.4 Å². The molecule has 1 aliphatic heterocycles. The van der Waals surface area contributed by atoms with E-state index in [4.69, 9.17) is 37.7 Å². The van der Waals surface area contributed by atoms with Gasteiger partial charge in [0.1, 0.15) is 12.2 Å². The maximum atomic E-state index is 12.7. The van der Waals surface area contributed by atoms with E-state index in [0.29, 0.717) is 34.9 Å². The van der Waals surface area contributed by atoms with Gasteiger partial charge in [-0.25, -0.2) is 4.79 Å².